The Hall–Kier alpha value is -2.96. The lowest BCUT2D eigenvalue weighted by molar-refractivity contribution is 0.0951. The van der Waals surface area contributed by atoms with E-state index in [9.17, 15) is 4.79 Å². The third-order valence-corrected chi connectivity index (χ3v) is 3.60. The lowest BCUT2D eigenvalue weighted by Gasteiger charge is -2.04. The average molecular weight is 310 g/mol. The van der Waals surface area contributed by atoms with Crippen LogP contribution in [0.3, 0.4) is 0 Å². The molecule has 0 aliphatic rings. The zero-order chi connectivity index (χ0) is 16.4. The summed E-state index contributed by atoms with van der Waals surface area (Å²) in [7, 11) is 3.70. The second-order valence-electron chi connectivity index (χ2n) is 5.39. The molecular weight excluding hydrogens is 292 g/mol. The third kappa shape index (κ3) is 3.28. The molecule has 118 valence electrons. The number of carbonyl (C=O) groups is 1. The van der Waals surface area contributed by atoms with Gasteiger partial charge in [0, 0.05) is 43.5 Å². The van der Waals surface area contributed by atoms with Crippen LogP contribution in [0.2, 0.25) is 0 Å². The first-order valence-corrected chi connectivity index (χ1v) is 7.27. The highest BCUT2D eigenvalue weighted by Gasteiger charge is 2.09. The molecule has 7 nitrogen and oxygen atoms in total. The maximum atomic E-state index is 12.2. The van der Waals surface area contributed by atoms with Crippen molar-refractivity contribution in [2.75, 3.05) is 0 Å². The van der Waals surface area contributed by atoms with E-state index >= 15 is 0 Å². The Kier molecular flexibility index (Phi) is 3.92. The summed E-state index contributed by atoms with van der Waals surface area (Å²) in [5.74, 6) is 1.39. The molecule has 2 heterocycles. The zero-order valence-corrected chi connectivity index (χ0v) is 13.3. The molecule has 3 rings (SSSR count). The number of nitrogens with zero attached hydrogens (tertiary/aromatic N) is 5. The molecule has 0 bridgehead atoms. The largest absolute Gasteiger partial charge is 0.348 e. The van der Waals surface area contributed by atoms with Crippen LogP contribution in [0, 0.1) is 6.92 Å². The normalized spacial score (nSPS) is 10.7. The van der Waals surface area contributed by atoms with Crippen molar-refractivity contribution < 1.29 is 4.79 Å². The Morgan fingerprint density at radius 3 is 2.52 bits per heavy atom. The van der Waals surface area contributed by atoms with Gasteiger partial charge in [-0.3, -0.25) is 14.2 Å². The van der Waals surface area contributed by atoms with E-state index in [1.165, 1.54) is 0 Å². The number of amides is 1. The van der Waals surface area contributed by atoms with Crippen LogP contribution in [-0.4, -0.2) is 30.5 Å². The predicted octanol–water partition coefficient (Wildman–Crippen LogP) is 1.45. The van der Waals surface area contributed by atoms with Crippen molar-refractivity contribution in [1.29, 1.82) is 0 Å². The number of hydrogen-bond donors (Lipinski definition) is 1. The first-order chi connectivity index (χ1) is 11.0. The molecule has 0 saturated carbocycles. The number of aromatic nitrogens is 5. The molecule has 23 heavy (non-hydrogen) atoms. The summed E-state index contributed by atoms with van der Waals surface area (Å²) in [5.41, 5.74) is 2.45. The SMILES string of the molecule is Cc1nc(-c2ccc(C(=O)NCc3cnn(C)c3)cc2)nn1C. The maximum absolute atomic E-state index is 12.2. The van der Waals surface area contributed by atoms with Gasteiger partial charge in [0.1, 0.15) is 5.82 Å². The minimum absolute atomic E-state index is 0.120. The van der Waals surface area contributed by atoms with Gasteiger partial charge in [-0.2, -0.15) is 10.2 Å². The standard InChI is InChI=1S/C16H18N6O/c1-11-19-15(20-22(11)3)13-4-6-14(7-5-13)16(23)17-8-12-9-18-21(2)10-12/h4-7,9-10H,8H2,1-3H3,(H,17,23). The molecule has 0 aliphatic carbocycles. The van der Waals surface area contributed by atoms with E-state index < -0.39 is 0 Å². The molecule has 7 heteroatoms. The summed E-state index contributed by atoms with van der Waals surface area (Å²) in [6.45, 7) is 2.35. The molecule has 0 aliphatic heterocycles. The van der Waals surface area contributed by atoms with Crippen LogP contribution in [0.25, 0.3) is 11.4 Å². The van der Waals surface area contributed by atoms with Crippen molar-refractivity contribution in [3.63, 3.8) is 0 Å². The molecule has 0 fully saturated rings. The summed E-state index contributed by atoms with van der Waals surface area (Å²) in [4.78, 5) is 16.5. The molecule has 0 spiro atoms. The second kappa shape index (κ2) is 6.04. The molecule has 1 aromatic carbocycles. The predicted molar refractivity (Wildman–Crippen MR) is 85.6 cm³/mol. The van der Waals surface area contributed by atoms with Gasteiger partial charge in [0.25, 0.3) is 5.91 Å². The molecule has 0 saturated heterocycles. The number of hydrogen-bond acceptors (Lipinski definition) is 4. The molecule has 2 aromatic heterocycles. The van der Waals surface area contributed by atoms with Crippen molar-refractivity contribution in [1.82, 2.24) is 29.9 Å². The van der Waals surface area contributed by atoms with Gasteiger partial charge in [-0.25, -0.2) is 4.98 Å². The van der Waals surface area contributed by atoms with Gasteiger partial charge < -0.3 is 5.32 Å². The van der Waals surface area contributed by atoms with Crippen LogP contribution >= 0.6 is 0 Å². The number of benzene rings is 1. The first-order valence-electron chi connectivity index (χ1n) is 7.27. The lowest BCUT2D eigenvalue weighted by Crippen LogP contribution is -2.22. The van der Waals surface area contributed by atoms with Crippen molar-refractivity contribution in [3.05, 3.63) is 53.6 Å². The van der Waals surface area contributed by atoms with Crippen LogP contribution in [0.15, 0.2) is 36.7 Å². The van der Waals surface area contributed by atoms with E-state index in [0.717, 1.165) is 17.0 Å². The summed E-state index contributed by atoms with van der Waals surface area (Å²) in [6, 6.07) is 7.26. The molecule has 1 amide bonds. The fraction of sp³-hybridized carbons (Fsp3) is 0.250. The van der Waals surface area contributed by atoms with E-state index in [0.29, 0.717) is 17.9 Å². The lowest BCUT2D eigenvalue weighted by atomic mass is 10.1. The molecular formula is C16H18N6O. The monoisotopic (exact) mass is 310 g/mol. The van der Waals surface area contributed by atoms with E-state index in [4.69, 9.17) is 0 Å². The van der Waals surface area contributed by atoms with E-state index in [-0.39, 0.29) is 5.91 Å². The molecule has 0 atom stereocenters. The fourth-order valence-electron chi connectivity index (χ4n) is 2.20. The Morgan fingerprint density at radius 2 is 1.96 bits per heavy atom. The van der Waals surface area contributed by atoms with Gasteiger partial charge in [0.05, 0.1) is 6.20 Å². The molecule has 1 N–H and O–H groups in total. The zero-order valence-electron chi connectivity index (χ0n) is 13.3. The number of rotatable bonds is 4. The number of aryl methyl sites for hydroxylation is 3. The number of carbonyl (C=O) groups excluding carboxylic acids is 1. The van der Waals surface area contributed by atoms with Crippen molar-refractivity contribution >= 4 is 5.91 Å². The highest BCUT2D eigenvalue weighted by Crippen LogP contribution is 2.16. The molecule has 0 radical (unpaired) electrons. The quantitative estimate of drug-likeness (QED) is 0.791. The minimum atomic E-state index is -0.120. The first kappa shape index (κ1) is 15.0. The van der Waals surface area contributed by atoms with E-state index in [1.807, 2.05) is 39.3 Å². The van der Waals surface area contributed by atoms with Gasteiger partial charge in [0.15, 0.2) is 5.82 Å². The van der Waals surface area contributed by atoms with Crippen LogP contribution in [0.4, 0.5) is 0 Å². The summed E-state index contributed by atoms with van der Waals surface area (Å²) < 4.78 is 3.43. The van der Waals surface area contributed by atoms with Crippen molar-refractivity contribution in [3.8, 4) is 11.4 Å². The van der Waals surface area contributed by atoms with Crippen molar-refractivity contribution in [2.24, 2.45) is 14.1 Å². The van der Waals surface area contributed by atoms with E-state index in [2.05, 4.69) is 20.5 Å². The second-order valence-corrected chi connectivity index (χ2v) is 5.39. The van der Waals surface area contributed by atoms with Gasteiger partial charge in [0.2, 0.25) is 0 Å². The smallest absolute Gasteiger partial charge is 0.251 e. The summed E-state index contributed by atoms with van der Waals surface area (Å²) in [5, 5.41) is 11.3. The van der Waals surface area contributed by atoms with Gasteiger partial charge in [-0.15, -0.1) is 0 Å². The minimum Gasteiger partial charge on any atom is -0.348 e. The average Bonchev–Trinajstić information content (AvgIpc) is 3.11. The van der Waals surface area contributed by atoms with Gasteiger partial charge in [-0.05, 0) is 19.1 Å². The summed E-state index contributed by atoms with van der Waals surface area (Å²) >= 11 is 0. The van der Waals surface area contributed by atoms with Gasteiger partial charge >= 0.3 is 0 Å². The van der Waals surface area contributed by atoms with E-state index in [1.54, 1.807) is 27.7 Å². The van der Waals surface area contributed by atoms with Crippen LogP contribution in [0.5, 0.6) is 0 Å². The van der Waals surface area contributed by atoms with Crippen LogP contribution < -0.4 is 5.32 Å². The van der Waals surface area contributed by atoms with Crippen LogP contribution in [0.1, 0.15) is 21.7 Å². The highest BCUT2D eigenvalue weighted by molar-refractivity contribution is 5.94. The van der Waals surface area contributed by atoms with Gasteiger partial charge in [-0.1, -0.05) is 12.1 Å². The Bertz CT molecular complexity index is 811. The molecule has 3 aromatic rings. The van der Waals surface area contributed by atoms with Crippen LogP contribution in [-0.2, 0) is 20.6 Å². The van der Waals surface area contributed by atoms with Crippen molar-refractivity contribution in [2.45, 2.75) is 13.5 Å². The third-order valence-electron chi connectivity index (χ3n) is 3.60. The molecule has 0 unspecified atom stereocenters. The fourth-order valence-corrected chi connectivity index (χ4v) is 2.20. The summed E-state index contributed by atoms with van der Waals surface area (Å²) in [6.07, 6.45) is 3.61. The highest BCUT2D eigenvalue weighted by atomic mass is 16.1. The Balaban J connectivity index is 1.67. The Labute approximate surface area is 134 Å². The maximum Gasteiger partial charge on any atom is 0.251 e. The topological polar surface area (TPSA) is 77.6 Å². The Morgan fingerprint density at radius 1 is 1.22 bits per heavy atom. The number of nitrogens with one attached hydrogen (secondary N) is 1.